The quantitative estimate of drug-likeness (QED) is 0.155. The van der Waals surface area contributed by atoms with Gasteiger partial charge < -0.3 is 21.3 Å². The Morgan fingerprint density at radius 3 is 1.72 bits per heavy atom. The highest BCUT2D eigenvalue weighted by molar-refractivity contribution is 5.93. The summed E-state index contributed by atoms with van der Waals surface area (Å²) in [7, 11) is 0. The summed E-state index contributed by atoms with van der Waals surface area (Å²) in [4.78, 5) is 41.3. The highest BCUT2D eigenvalue weighted by Crippen LogP contribution is 2.19. The third-order valence-electron chi connectivity index (χ3n) is 9.04. The van der Waals surface area contributed by atoms with Crippen LogP contribution in [0.1, 0.15) is 29.5 Å². The molecule has 1 aliphatic heterocycles. The molecule has 0 aromatic heterocycles. The fraction of sp³-hybridized carbons (Fsp3) is 0.275. The number of piperidine rings is 1. The molecule has 0 unspecified atom stereocenters. The van der Waals surface area contributed by atoms with Gasteiger partial charge in [-0.25, -0.2) is 0 Å². The number of rotatable bonds is 12. The number of nitrogens with one attached hydrogen (secondary N) is 4. The van der Waals surface area contributed by atoms with Gasteiger partial charge in [0.05, 0.1) is 0 Å². The van der Waals surface area contributed by atoms with Gasteiger partial charge >= 0.3 is 0 Å². The van der Waals surface area contributed by atoms with E-state index in [9.17, 15) is 14.4 Å². The van der Waals surface area contributed by atoms with Crippen LogP contribution in [0, 0.1) is 5.92 Å². The number of benzene rings is 5. The monoisotopic (exact) mass is 626 g/mol. The molecule has 3 amide bonds. The molecule has 240 valence electrons. The van der Waals surface area contributed by atoms with Crippen LogP contribution in [0.3, 0.4) is 0 Å². The van der Waals surface area contributed by atoms with Gasteiger partial charge in [0.15, 0.2) is 0 Å². The molecule has 5 aromatic rings. The first kappa shape index (κ1) is 32.0. The SMILES string of the molecule is O=C(N[C@H](Cc1ccc2ccccc2c1)C(=O)N[C@H](Cc1ccc2ccccc2c1)C(=O)NCCc1ccccc1)C1CCNCC1. The molecular weight excluding hydrogens is 584 g/mol. The Bertz CT molecular complexity index is 1830. The zero-order chi connectivity index (χ0) is 32.4. The molecule has 5 aromatic carbocycles. The van der Waals surface area contributed by atoms with E-state index in [2.05, 4.69) is 45.5 Å². The normalized spacial score (nSPS) is 14.7. The lowest BCUT2D eigenvalue weighted by Gasteiger charge is -2.27. The Morgan fingerprint density at radius 1 is 0.596 bits per heavy atom. The molecule has 2 atom stereocenters. The molecular formula is C40H42N4O3. The van der Waals surface area contributed by atoms with Gasteiger partial charge in [0, 0.05) is 25.3 Å². The Kier molecular flexibility index (Phi) is 10.6. The maximum Gasteiger partial charge on any atom is 0.243 e. The highest BCUT2D eigenvalue weighted by atomic mass is 16.2. The van der Waals surface area contributed by atoms with Crippen molar-refractivity contribution in [1.82, 2.24) is 21.3 Å². The second kappa shape index (κ2) is 15.5. The van der Waals surface area contributed by atoms with E-state index in [1.54, 1.807) is 0 Å². The smallest absolute Gasteiger partial charge is 0.243 e. The Morgan fingerprint density at radius 2 is 1.13 bits per heavy atom. The third kappa shape index (κ3) is 8.63. The van der Waals surface area contributed by atoms with E-state index >= 15 is 0 Å². The van der Waals surface area contributed by atoms with E-state index in [1.165, 1.54) is 0 Å². The molecule has 1 heterocycles. The molecule has 7 nitrogen and oxygen atoms in total. The lowest BCUT2D eigenvalue weighted by atomic mass is 9.95. The molecule has 1 aliphatic rings. The molecule has 1 fully saturated rings. The van der Waals surface area contributed by atoms with E-state index in [0.717, 1.165) is 64.2 Å². The number of fused-ring (bicyclic) bond motifs is 2. The van der Waals surface area contributed by atoms with E-state index in [-0.39, 0.29) is 23.6 Å². The van der Waals surface area contributed by atoms with Gasteiger partial charge in [-0.05, 0) is 70.6 Å². The molecule has 6 rings (SSSR count). The Hall–Kier alpha value is -5.01. The van der Waals surface area contributed by atoms with Crippen LogP contribution in [-0.4, -0.2) is 49.4 Å². The van der Waals surface area contributed by atoms with E-state index in [4.69, 9.17) is 0 Å². The van der Waals surface area contributed by atoms with Crippen molar-refractivity contribution in [2.75, 3.05) is 19.6 Å². The summed E-state index contributed by atoms with van der Waals surface area (Å²) >= 11 is 0. The molecule has 7 heteroatoms. The lowest BCUT2D eigenvalue weighted by molar-refractivity contribution is -0.133. The second-order valence-electron chi connectivity index (χ2n) is 12.4. The first-order chi connectivity index (χ1) is 23.0. The van der Waals surface area contributed by atoms with E-state index in [1.807, 2.05) is 91.0 Å². The van der Waals surface area contributed by atoms with Crippen LogP contribution in [0.15, 0.2) is 115 Å². The van der Waals surface area contributed by atoms with Crippen LogP contribution >= 0.6 is 0 Å². The fourth-order valence-electron chi connectivity index (χ4n) is 6.37. The maximum atomic E-state index is 14.1. The van der Waals surface area contributed by atoms with Crippen molar-refractivity contribution in [3.8, 4) is 0 Å². The van der Waals surface area contributed by atoms with E-state index in [0.29, 0.717) is 25.8 Å². The minimum Gasteiger partial charge on any atom is -0.354 e. The third-order valence-corrected chi connectivity index (χ3v) is 9.04. The molecule has 0 bridgehead atoms. The zero-order valence-electron chi connectivity index (χ0n) is 26.6. The second-order valence-corrected chi connectivity index (χ2v) is 12.4. The van der Waals surface area contributed by atoms with Gasteiger partial charge in [0.1, 0.15) is 12.1 Å². The number of carbonyl (C=O) groups is 3. The van der Waals surface area contributed by atoms with Crippen molar-refractivity contribution >= 4 is 39.3 Å². The predicted octanol–water partition coefficient (Wildman–Crippen LogP) is 5.11. The molecule has 47 heavy (non-hydrogen) atoms. The van der Waals surface area contributed by atoms with Gasteiger partial charge in [-0.2, -0.15) is 0 Å². The summed E-state index contributed by atoms with van der Waals surface area (Å²) in [6.45, 7) is 1.99. The number of amides is 3. The summed E-state index contributed by atoms with van der Waals surface area (Å²) < 4.78 is 0. The average Bonchev–Trinajstić information content (AvgIpc) is 3.11. The Balaban J connectivity index is 1.23. The van der Waals surface area contributed by atoms with Crippen LogP contribution in [0.2, 0.25) is 0 Å². The number of hydrogen-bond acceptors (Lipinski definition) is 4. The van der Waals surface area contributed by atoms with Crippen molar-refractivity contribution in [2.45, 2.75) is 44.2 Å². The van der Waals surface area contributed by atoms with Crippen molar-refractivity contribution in [3.63, 3.8) is 0 Å². The molecule has 0 radical (unpaired) electrons. The van der Waals surface area contributed by atoms with Gasteiger partial charge in [0.2, 0.25) is 17.7 Å². The van der Waals surface area contributed by atoms with Crippen LogP contribution < -0.4 is 21.3 Å². The molecule has 1 saturated heterocycles. The molecule has 0 aliphatic carbocycles. The number of carbonyl (C=O) groups excluding carboxylic acids is 3. The average molecular weight is 627 g/mol. The molecule has 4 N–H and O–H groups in total. The van der Waals surface area contributed by atoms with Crippen LogP contribution in [0.25, 0.3) is 21.5 Å². The summed E-state index contributed by atoms with van der Waals surface area (Å²) in [6, 6.07) is 36.7. The molecule has 0 spiro atoms. The van der Waals surface area contributed by atoms with E-state index < -0.39 is 12.1 Å². The van der Waals surface area contributed by atoms with Gasteiger partial charge in [0.25, 0.3) is 0 Å². The van der Waals surface area contributed by atoms with Crippen LogP contribution in [-0.2, 0) is 33.6 Å². The standard InChI is InChI=1S/C40H42N4O3/c45-38(33-19-21-41-22-20-33)43-37(27-30-15-17-32-11-5-7-13-35(32)25-30)40(47)44-36(39(46)42-23-18-28-8-2-1-3-9-28)26-29-14-16-31-10-4-6-12-34(31)24-29/h1-17,24-25,33,36-37,41H,18-23,26-27H2,(H,42,46)(H,43,45)(H,44,47)/t36-,37-/m1/s1. The minimum absolute atomic E-state index is 0.120. The number of hydrogen-bond donors (Lipinski definition) is 4. The summed E-state index contributed by atoms with van der Waals surface area (Å²) in [5, 5.41) is 16.8. The lowest BCUT2D eigenvalue weighted by Crippen LogP contribution is -2.56. The first-order valence-corrected chi connectivity index (χ1v) is 16.6. The van der Waals surface area contributed by atoms with Gasteiger partial charge in [-0.3, -0.25) is 14.4 Å². The van der Waals surface area contributed by atoms with Crippen molar-refractivity contribution in [3.05, 3.63) is 132 Å². The Labute approximate surface area is 276 Å². The van der Waals surface area contributed by atoms with Crippen LogP contribution in [0.5, 0.6) is 0 Å². The largest absolute Gasteiger partial charge is 0.354 e. The molecule has 0 saturated carbocycles. The summed E-state index contributed by atoms with van der Waals surface area (Å²) in [5.41, 5.74) is 3.00. The summed E-state index contributed by atoms with van der Waals surface area (Å²) in [6.07, 6.45) is 2.76. The maximum absolute atomic E-state index is 14.1. The van der Waals surface area contributed by atoms with Crippen molar-refractivity contribution in [2.24, 2.45) is 5.92 Å². The summed E-state index contributed by atoms with van der Waals surface area (Å²) in [5.74, 6) is -0.898. The van der Waals surface area contributed by atoms with Crippen molar-refractivity contribution in [1.29, 1.82) is 0 Å². The highest BCUT2D eigenvalue weighted by Gasteiger charge is 2.30. The minimum atomic E-state index is -0.838. The zero-order valence-corrected chi connectivity index (χ0v) is 26.6. The van der Waals surface area contributed by atoms with Crippen LogP contribution in [0.4, 0.5) is 0 Å². The van der Waals surface area contributed by atoms with Crippen molar-refractivity contribution < 1.29 is 14.4 Å². The first-order valence-electron chi connectivity index (χ1n) is 16.6. The fourth-order valence-corrected chi connectivity index (χ4v) is 6.37. The topological polar surface area (TPSA) is 99.3 Å². The predicted molar refractivity (Wildman–Crippen MR) is 188 cm³/mol. The van der Waals surface area contributed by atoms with Gasteiger partial charge in [-0.1, -0.05) is 115 Å². The van der Waals surface area contributed by atoms with Gasteiger partial charge in [-0.15, -0.1) is 0 Å².